The van der Waals surface area contributed by atoms with E-state index in [2.05, 4.69) is 0 Å². The van der Waals surface area contributed by atoms with E-state index in [1.807, 2.05) is 4.98 Å². The van der Waals surface area contributed by atoms with Gasteiger partial charge in [0.15, 0.2) is 11.6 Å². The number of hydrogen-bond donors (Lipinski definition) is 2. The molecule has 0 radical (unpaired) electrons. The van der Waals surface area contributed by atoms with Crippen LogP contribution in [0.15, 0.2) is 33.9 Å². The second-order valence-electron chi connectivity index (χ2n) is 3.70. The van der Waals surface area contributed by atoms with E-state index < -0.39 is 22.9 Å². The Morgan fingerprint density at radius 1 is 1.17 bits per heavy atom. The van der Waals surface area contributed by atoms with E-state index in [4.69, 9.17) is 5.73 Å². The highest BCUT2D eigenvalue weighted by Gasteiger charge is 2.07. The van der Waals surface area contributed by atoms with Gasteiger partial charge in [0.1, 0.15) is 5.82 Å². The summed E-state index contributed by atoms with van der Waals surface area (Å²) in [4.78, 5) is 24.5. The Morgan fingerprint density at radius 2 is 1.89 bits per heavy atom. The van der Waals surface area contributed by atoms with Gasteiger partial charge in [-0.25, -0.2) is 13.6 Å². The van der Waals surface area contributed by atoms with E-state index >= 15 is 0 Å². The maximum Gasteiger partial charge on any atom is 0.330 e. The quantitative estimate of drug-likeness (QED) is 0.815. The summed E-state index contributed by atoms with van der Waals surface area (Å²) in [7, 11) is 0. The van der Waals surface area contributed by atoms with Gasteiger partial charge in [-0.15, -0.1) is 0 Å². The molecule has 0 spiro atoms. The number of nitrogens with one attached hydrogen (secondary N) is 1. The van der Waals surface area contributed by atoms with Crippen LogP contribution in [0, 0.1) is 11.6 Å². The molecule has 3 N–H and O–H groups in total. The van der Waals surface area contributed by atoms with Crippen molar-refractivity contribution in [1.29, 1.82) is 0 Å². The van der Waals surface area contributed by atoms with Gasteiger partial charge in [0.05, 0.1) is 6.54 Å². The van der Waals surface area contributed by atoms with Crippen LogP contribution >= 0.6 is 0 Å². The number of nitrogen functional groups attached to an aromatic ring is 1. The van der Waals surface area contributed by atoms with Crippen molar-refractivity contribution < 1.29 is 8.78 Å². The van der Waals surface area contributed by atoms with Crippen LogP contribution in [0.3, 0.4) is 0 Å². The molecule has 7 heteroatoms. The Morgan fingerprint density at radius 3 is 2.50 bits per heavy atom. The highest BCUT2D eigenvalue weighted by atomic mass is 19.2. The number of hydrogen-bond acceptors (Lipinski definition) is 3. The SMILES string of the molecule is Nc1cc(=O)[nH]c(=O)n1Cc1ccc(F)c(F)c1. The molecule has 0 saturated carbocycles. The first-order chi connectivity index (χ1) is 8.47. The van der Waals surface area contributed by atoms with Crippen molar-refractivity contribution in [3.63, 3.8) is 0 Å². The van der Waals surface area contributed by atoms with Gasteiger partial charge < -0.3 is 5.73 Å². The molecule has 0 aliphatic carbocycles. The second kappa shape index (κ2) is 4.44. The van der Waals surface area contributed by atoms with Gasteiger partial charge in [0.25, 0.3) is 5.56 Å². The standard InChI is InChI=1S/C11H9F2N3O2/c12-7-2-1-6(3-8(7)13)5-16-9(14)4-10(17)15-11(16)18/h1-4H,5,14H2,(H,15,17,18). The zero-order chi connectivity index (χ0) is 13.3. The molecular formula is C11H9F2N3O2. The molecule has 2 aromatic rings. The van der Waals surface area contributed by atoms with Gasteiger partial charge >= 0.3 is 5.69 Å². The number of aromatic amines is 1. The highest BCUT2D eigenvalue weighted by molar-refractivity contribution is 5.28. The van der Waals surface area contributed by atoms with Crippen molar-refractivity contribution >= 4 is 5.82 Å². The van der Waals surface area contributed by atoms with Gasteiger partial charge in [-0.2, -0.15) is 0 Å². The van der Waals surface area contributed by atoms with Gasteiger partial charge in [0, 0.05) is 6.07 Å². The summed E-state index contributed by atoms with van der Waals surface area (Å²) >= 11 is 0. The summed E-state index contributed by atoms with van der Waals surface area (Å²) in [5.41, 5.74) is 4.55. The molecule has 94 valence electrons. The normalized spacial score (nSPS) is 10.6. The third kappa shape index (κ3) is 2.29. The van der Waals surface area contributed by atoms with Crippen molar-refractivity contribution in [2.24, 2.45) is 0 Å². The average Bonchev–Trinajstić information content (AvgIpc) is 2.28. The van der Waals surface area contributed by atoms with Crippen LogP contribution in [-0.4, -0.2) is 9.55 Å². The summed E-state index contributed by atoms with van der Waals surface area (Å²) in [5, 5.41) is 0. The van der Waals surface area contributed by atoms with Gasteiger partial charge in [-0.05, 0) is 17.7 Å². The predicted molar refractivity (Wildman–Crippen MR) is 61.2 cm³/mol. The van der Waals surface area contributed by atoms with Crippen LogP contribution in [0.4, 0.5) is 14.6 Å². The van der Waals surface area contributed by atoms with Crippen molar-refractivity contribution in [3.05, 3.63) is 62.3 Å². The van der Waals surface area contributed by atoms with E-state index in [1.54, 1.807) is 0 Å². The van der Waals surface area contributed by atoms with Gasteiger partial charge in [0.2, 0.25) is 0 Å². The fourth-order valence-corrected chi connectivity index (χ4v) is 1.52. The first-order valence-corrected chi connectivity index (χ1v) is 5.01. The van der Waals surface area contributed by atoms with Crippen molar-refractivity contribution in [2.75, 3.05) is 5.73 Å². The van der Waals surface area contributed by atoms with Crippen molar-refractivity contribution in [1.82, 2.24) is 9.55 Å². The van der Waals surface area contributed by atoms with Crippen LogP contribution in [0.25, 0.3) is 0 Å². The minimum absolute atomic E-state index is 0.0477. The predicted octanol–water partition coefficient (Wildman–Crippen LogP) is 0.445. The van der Waals surface area contributed by atoms with Gasteiger partial charge in [-0.3, -0.25) is 14.3 Å². The number of anilines is 1. The fourth-order valence-electron chi connectivity index (χ4n) is 1.52. The topological polar surface area (TPSA) is 80.9 Å². The molecular weight excluding hydrogens is 244 g/mol. The monoisotopic (exact) mass is 253 g/mol. The summed E-state index contributed by atoms with van der Waals surface area (Å²) in [6.07, 6.45) is 0. The Bertz CT molecular complexity index is 706. The highest BCUT2D eigenvalue weighted by Crippen LogP contribution is 2.10. The molecule has 1 aromatic carbocycles. The van der Waals surface area contributed by atoms with E-state index in [1.165, 1.54) is 6.07 Å². The van der Waals surface area contributed by atoms with E-state index in [0.29, 0.717) is 5.56 Å². The first-order valence-electron chi connectivity index (χ1n) is 5.01. The number of rotatable bonds is 2. The van der Waals surface area contributed by atoms with E-state index in [-0.39, 0.29) is 12.4 Å². The minimum Gasteiger partial charge on any atom is -0.385 e. The van der Waals surface area contributed by atoms with Crippen LogP contribution in [0.5, 0.6) is 0 Å². The first kappa shape index (κ1) is 12.0. The van der Waals surface area contributed by atoms with E-state index in [0.717, 1.165) is 22.8 Å². The number of H-pyrrole nitrogens is 1. The zero-order valence-electron chi connectivity index (χ0n) is 9.11. The Labute approximate surface area is 99.5 Å². The van der Waals surface area contributed by atoms with E-state index in [9.17, 15) is 18.4 Å². The molecule has 0 atom stereocenters. The lowest BCUT2D eigenvalue weighted by Gasteiger charge is -2.08. The second-order valence-corrected chi connectivity index (χ2v) is 3.70. The molecule has 0 unspecified atom stereocenters. The van der Waals surface area contributed by atoms with Crippen molar-refractivity contribution in [2.45, 2.75) is 6.54 Å². The zero-order valence-corrected chi connectivity index (χ0v) is 9.11. The lowest BCUT2D eigenvalue weighted by atomic mass is 10.2. The number of halogens is 2. The summed E-state index contributed by atoms with van der Waals surface area (Å²) in [6, 6.07) is 4.29. The largest absolute Gasteiger partial charge is 0.385 e. The molecule has 5 nitrogen and oxygen atoms in total. The molecule has 0 fully saturated rings. The molecule has 1 heterocycles. The molecule has 18 heavy (non-hydrogen) atoms. The molecule has 0 amide bonds. The Kier molecular flexibility index (Phi) is 2.97. The molecule has 1 aromatic heterocycles. The van der Waals surface area contributed by atoms with Crippen molar-refractivity contribution in [3.8, 4) is 0 Å². The third-order valence-corrected chi connectivity index (χ3v) is 2.39. The molecule has 0 aliphatic rings. The van der Waals surface area contributed by atoms with Crippen LogP contribution in [0.2, 0.25) is 0 Å². The fraction of sp³-hybridized carbons (Fsp3) is 0.0909. The number of aromatic nitrogens is 2. The Balaban J connectivity index is 2.43. The minimum atomic E-state index is -1.01. The number of nitrogens with zero attached hydrogens (tertiary/aromatic N) is 1. The smallest absolute Gasteiger partial charge is 0.330 e. The third-order valence-electron chi connectivity index (χ3n) is 2.39. The molecule has 0 bridgehead atoms. The Hall–Kier alpha value is -2.44. The maximum atomic E-state index is 13.0. The molecule has 2 rings (SSSR count). The maximum absolute atomic E-state index is 13.0. The number of benzene rings is 1. The lowest BCUT2D eigenvalue weighted by Crippen LogP contribution is -2.31. The van der Waals surface area contributed by atoms with Crippen LogP contribution < -0.4 is 17.0 Å². The summed E-state index contributed by atoms with van der Waals surface area (Å²) in [5.74, 6) is -2.03. The summed E-state index contributed by atoms with van der Waals surface area (Å²) < 4.78 is 26.8. The van der Waals surface area contributed by atoms with Crippen LogP contribution in [-0.2, 0) is 6.54 Å². The number of nitrogens with two attached hydrogens (primary N) is 1. The lowest BCUT2D eigenvalue weighted by molar-refractivity contribution is 0.506. The summed E-state index contributed by atoms with van der Waals surface area (Å²) in [6.45, 7) is -0.0569. The molecule has 0 saturated heterocycles. The average molecular weight is 253 g/mol. The van der Waals surface area contributed by atoms with Crippen LogP contribution in [0.1, 0.15) is 5.56 Å². The molecule has 0 aliphatic heterocycles. The van der Waals surface area contributed by atoms with Gasteiger partial charge in [-0.1, -0.05) is 6.07 Å².